The van der Waals surface area contributed by atoms with Gasteiger partial charge in [-0.1, -0.05) is 60.7 Å². The fourth-order valence-corrected chi connectivity index (χ4v) is 2.45. The standard InChI is InChI=1S/C17H15NO3/c19-16-15(11-13-7-3-1-4-8-13)18(17(20)21-16)12-14-9-5-2-6-10-14/h1-10,15H,11-12H2. The van der Waals surface area contributed by atoms with Gasteiger partial charge >= 0.3 is 12.1 Å². The predicted octanol–water partition coefficient (Wildman–Crippen LogP) is 2.78. The molecule has 4 nitrogen and oxygen atoms in total. The van der Waals surface area contributed by atoms with Gasteiger partial charge in [0.2, 0.25) is 0 Å². The quantitative estimate of drug-likeness (QED) is 0.639. The van der Waals surface area contributed by atoms with Crippen molar-refractivity contribution < 1.29 is 14.3 Å². The second kappa shape index (κ2) is 5.79. The number of amides is 1. The molecule has 1 aliphatic rings. The zero-order valence-electron chi connectivity index (χ0n) is 11.4. The van der Waals surface area contributed by atoms with E-state index in [1.807, 2.05) is 60.7 Å². The summed E-state index contributed by atoms with van der Waals surface area (Å²) in [5.74, 6) is -0.472. The first-order valence-corrected chi connectivity index (χ1v) is 6.84. The number of carbonyl (C=O) groups excluding carboxylic acids is 2. The van der Waals surface area contributed by atoms with E-state index in [-0.39, 0.29) is 0 Å². The van der Waals surface area contributed by atoms with Gasteiger partial charge in [0.15, 0.2) is 0 Å². The Morgan fingerprint density at radius 3 is 2.05 bits per heavy atom. The number of cyclic esters (lactones) is 2. The van der Waals surface area contributed by atoms with Gasteiger partial charge < -0.3 is 4.74 Å². The van der Waals surface area contributed by atoms with Gasteiger partial charge in [-0.25, -0.2) is 9.59 Å². The summed E-state index contributed by atoms with van der Waals surface area (Å²) in [4.78, 5) is 25.3. The largest absolute Gasteiger partial charge is 0.418 e. The van der Waals surface area contributed by atoms with Crippen LogP contribution < -0.4 is 0 Å². The molecule has 4 heteroatoms. The fraction of sp³-hybridized carbons (Fsp3) is 0.176. The number of rotatable bonds is 4. The van der Waals surface area contributed by atoms with E-state index in [2.05, 4.69) is 0 Å². The summed E-state index contributed by atoms with van der Waals surface area (Å²) in [5.41, 5.74) is 1.98. The molecule has 1 saturated heterocycles. The van der Waals surface area contributed by atoms with Gasteiger partial charge in [-0.15, -0.1) is 0 Å². The lowest BCUT2D eigenvalue weighted by Gasteiger charge is -2.20. The highest BCUT2D eigenvalue weighted by Crippen LogP contribution is 2.21. The monoisotopic (exact) mass is 281 g/mol. The van der Waals surface area contributed by atoms with E-state index in [1.165, 1.54) is 4.90 Å². The molecule has 1 fully saturated rings. The second-order valence-electron chi connectivity index (χ2n) is 5.01. The van der Waals surface area contributed by atoms with Crippen LogP contribution in [0.15, 0.2) is 60.7 Å². The van der Waals surface area contributed by atoms with Crippen LogP contribution in [0.1, 0.15) is 11.1 Å². The first-order chi connectivity index (χ1) is 10.2. The Kier molecular flexibility index (Phi) is 3.69. The molecule has 1 heterocycles. The maximum absolute atomic E-state index is 11.9. The third-order valence-electron chi connectivity index (χ3n) is 3.54. The Hall–Kier alpha value is -2.62. The van der Waals surface area contributed by atoms with Crippen LogP contribution in [0.25, 0.3) is 0 Å². The van der Waals surface area contributed by atoms with E-state index in [0.29, 0.717) is 13.0 Å². The normalized spacial score (nSPS) is 17.9. The minimum Gasteiger partial charge on any atom is -0.375 e. The van der Waals surface area contributed by atoms with Gasteiger partial charge in [0.1, 0.15) is 6.04 Å². The van der Waals surface area contributed by atoms with Crippen molar-refractivity contribution in [2.24, 2.45) is 0 Å². The van der Waals surface area contributed by atoms with Crippen molar-refractivity contribution in [3.63, 3.8) is 0 Å². The molecule has 21 heavy (non-hydrogen) atoms. The van der Waals surface area contributed by atoms with Crippen LogP contribution in [0.3, 0.4) is 0 Å². The molecule has 0 bridgehead atoms. The molecule has 3 rings (SSSR count). The Morgan fingerprint density at radius 2 is 1.43 bits per heavy atom. The fourth-order valence-electron chi connectivity index (χ4n) is 2.45. The molecule has 2 aromatic carbocycles. The van der Waals surface area contributed by atoms with Crippen LogP contribution in [-0.2, 0) is 22.5 Å². The first-order valence-electron chi connectivity index (χ1n) is 6.84. The van der Waals surface area contributed by atoms with Gasteiger partial charge in [0, 0.05) is 13.0 Å². The van der Waals surface area contributed by atoms with Crippen LogP contribution in [-0.4, -0.2) is 23.0 Å². The molecular formula is C17H15NO3. The number of hydrogen-bond donors (Lipinski definition) is 0. The average Bonchev–Trinajstić information content (AvgIpc) is 2.76. The lowest BCUT2D eigenvalue weighted by Crippen LogP contribution is -2.36. The molecular weight excluding hydrogens is 266 g/mol. The van der Waals surface area contributed by atoms with E-state index < -0.39 is 18.1 Å². The van der Waals surface area contributed by atoms with Crippen molar-refractivity contribution >= 4 is 12.1 Å². The number of ether oxygens (including phenoxy) is 1. The summed E-state index contributed by atoms with van der Waals surface area (Å²) in [5, 5.41) is 0. The first kappa shape index (κ1) is 13.4. The average molecular weight is 281 g/mol. The molecule has 0 aliphatic carbocycles. The molecule has 1 atom stereocenters. The van der Waals surface area contributed by atoms with Crippen molar-refractivity contribution in [3.8, 4) is 0 Å². The topological polar surface area (TPSA) is 46.6 Å². The predicted molar refractivity (Wildman–Crippen MR) is 77.4 cm³/mol. The Morgan fingerprint density at radius 1 is 0.857 bits per heavy atom. The van der Waals surface area contributed by atoms with Gasteiger partial charge in [-0.05, 0) is 11.1 Å². The summed E-state index contributed by atoms with van der Waals surface area (Å²) >= 11 is 0. The molecule has 1 amide bonds. The summed E-state index contributed by atoms with van der Waals surface area (Å²) in [6, 6.07) is 18.7. The minimum absolute atomic E-state index is 0.378. The summed E-state index contributed by atoms with van der Waals surface area (Å²) in [6.07, 6.45) is -0.0945. The third kappa shape index (κ3) is 2.94. The van der Waals surface area contributed by atoms with Gasteiger partial charge in [0.25, 0.3) is 0 Å². The maximum atomic E-state index is 11.9. The number of benzene rings is 2. The Bertz CT molecular complexity index is 582. The van der Waals surface area contributed by atoms with Crippen molar-refractivity contribution in [3.05, 3.63) is 71.8 Å². The van der Waals surface area contributed by atoms with E-state index in [1.54, 1.807) is 0 Å². The van der Waals surface area contributed by atoms with Gasteiger partial charge in [0.05, 0.1) is 0 Å². The van der Waals surface area contributed by atoms with Gasteiger partial charge in [-0.2, -0.15) is 0 Å². The van der Waals surface area contributed by atoms with Crippen LogP contribution in [0, 0.1) is 0 Å². The van der Waals surface area contributed by atoms with Crippen molar-refractivity contribution in [2.75, 3.05) is 0 Å². The Balaban J connectivity index is 1.79. The number of esters is 1. The maximum Gasteiger partial charge on any atom is 0.418 e. The molecule has 2 aromatic rings. The smallest absolute Gasteiger partial charge is 0.375 e. The molecule has 0 saturated carbocycles. The highest BCUT2D eigenvalue weighted by Gasteiger charge is 2.40. The highest BCUT2D eigenvalue weighted by atomic mass is 16.6. The molecule has 1 unspecified atom stereocenters. The molecule has 0 radical (unpaired) electrons. The van der Waals surface area contributed by atoms with Crippen LogP contribution in [0.2, 0.25) is 0 Å². The molecule has 1 aliphatic heterocycles. The van der Waals surface area contributed by atoms with E-state index >= 15 is 0 Å². The zero-order valence-corrected chi connectivity index (χ0v) is 11.4. The number of carbonyl (C=O) groups is 2. The van der Waals surface area contributed by atoms with Crippen molar-refractivity contribution in [1.82, 2.24) is 4.90 Å². The van der Waals surface area contributed by atoms with Crippen LogP contribution in [0.5, 0.6) is 0 Å². The molecule has 106 valence electrons. The number of hydrogen-bond acceptors (Lipinski definition) is 3. The van der Waals surface area contributed by atoms with Gasteiger partial charge in [-0.3, -0.25) is 4.90 Å². The lowest BCUT2D eigenvalue weighted by molar-refractivity contribution is -0.135. The lowest BCUT2D eigenvalue weighted by atomic mass is 10.0. The van der Waals surface area contributed by atoms with E-state index in [4.69, 9.17) is 4.74 Å². The minimum atomic E-state index is -0.565. The molecule has 0 N–H and O–H groups in total. The third-order valence-corrected chi connectivity index (χ3v) is 3.54. The van der Waals surface area contributed by atoms with Crippen LogP contribution >= 0.6 is 0 Å². The summed E-state index contributed by atoms with van der Waals surface area (Å²) < 4.78 is 4.78. The SMILES string of the molecule is O=C1OC(=O)N(Cc2ccccc2)C1Cc1ccccc1. The van der Waals surface area contributed by atoms with E-state index in [9.17, 15) is 9.59 Å². The van der Waals surface area contributed by atoms with E-state index in [0.717, 1.165) is 11.1 Å². The summed E-state index contributed by atoms with van der Waals surface area (Å²) in [6.45, 7) is 0.378. The van der Waals surface area contributed by atoms with Crippen molar-refractivity contribution in [2.45, 2.75) is 19.0 Å². The highest BCUT2D eigenvalue weighted by molar-refractivity contribution is 5.95. The van der Waals surface area contributed by atoms with Crippen molar-refractivity contribution in [1.29, 1.82) is 0 Å². The molecule has 0 aromatic heterocycles. The number of nitrogens with zero attached hydrogens (tertiary/aromatic N) is 1. The van der Waals surface area contributed by atoms with Crippen LogP contribution in [0.4, 0.5) is 4.79 Å². The summed E-state index contributed by atoms with van der Waals surface area (Å²) in [7, 11) is 0. The zero-order chi connectivity index (χ0) is 14.7. The molecule has 0 spiro atoms. The Labute approximate surface area is 123 Å². The second-order valence-corrected chi connectivity index (χ2v) is 5.01.